The average Bonchev–Trinajstić information content (AvgIpc) is 2.58. The summed E-state index contributed by atoms with van der Waals surface area (Å²) in [5, 5.41) is 4.29. The van der Waals surface area contributed by atoms with E-state index in [0.717, 1.165) is 29.4 Å². The van der Waals surface area contributed by atoms with Crippen molar-refractivity contribution in [1.82, 2.24) is 10.2 Å². The van der Waals surface area contributed by atoms with Crippen LogP contribution in [0.2, 0.25) is 5.02 Å². The van der Waals surface area contributed by atoms with Gasteiger partial charge in [-0.1, -0.05) is 38.3 Å². The first-order valence-corrected chi connectivity index (χ1v) is 9.93. The first-order chi connectivity index (χ1) is 11.7. The molecule has 1 N–H and O–H groups in total. The number of hydrogen-bond acceptors (Lipinski definition) is 3. The Morgan fingerprint density at radius 1 is 1.00 bits per heavy atom. The third-order valence-electron chi connectivity index (χ3n) is 4.12. The number of rotatable bonds is 14. The van der Waals surface area contributed by atoms with Crippen LogP contribution in [-0.2, 0) is 6.54 Å². The van der Waals surface area contributed by atoms with Crippen LogP contribution in [-0.4, -0.2) is 37.7 Å². The number of halogens is 1. The molecule has 1 aromatic rings. The molecule has 0 spiro atoms. The smallest absolute Gasteiger partial charge is 0.123 e. The minimum Gasteiger partial charge on any atom is -0.494 e. The fraction of sp³-hybridized carbons (Fsp3) is 0.700. The van der Waals surface area contributed by atoms with Crippen LogP contribution in [0, 0.1) is 0 Å². The molecule has 1 aromatic carbocycles. The highest BCUT2D eigenvalue weighted by Gasteiger charge is 2.06. The summed E-state index contributed by atoms with van der Waals surface area (Å²) in [6.07, 6.45) is 6.33. The number of hydrogen-bond donors (Lipinski definition) is 1. The molecule has 1 rings (SSSR count). The van der Waals surface area contributed by atoms with Crippen molar-refractivity contribution in [2.24, 2.45) is 0 Å². The zero-order valence-corrected chi connectivity index (χ0v) is 16.5. The topological polar surface area (TPSA) is 24.5 Å². The van der Waals surface area contributed by atoms with Gasteiger partial charge in [0.1, 0.15) is 5.75 Å². The molecule has 0 aliphatic carbocycles. The fourth-order valence-electron chi connectivity index (χ4n) is 2.73. The van der Waals surface area contributed by atoms with E-state index in [2.05, 4.69) is 24.1 Å². The lowest BCUT2D eigenvalue weighted by molar-refractivity contribution is 0.261. The molecule has 0 heterocycles. The average molecular weight is 355 g/mol. The highest BCUT2D eigenvalue weighted by Crippen LogP contribution is 2.22. The van der Waals surface area contributed by atoms with Gasteiger partial charge in [0, 0.05) is 17.1 Å². The van der Waals surface area contributed by atoms with Crippen molar-refractivity contribution in [1.29, 1.82) is 0 Å². The Bertz CT molecular complexity index is 432. The van der Waals surface area contributed by atoms with Gasteiger partial charge in [-0.05, 0) is 70.6 Å². The van der Waals surface area contributed by atoms with E-state index in [1.165, 1.54) is 51.7 Å². The first-order valence-electron chi connectivity index (χ1n) is 9.55. The lowest BCUT2D eigenvalue weighted by atomic mass is 10.2. The van der Waals surface area contributed by atoms with Gasteiger partial charge in [-0.2, -0.15) is 0 Å². The van der Waals surface area contributed by atoms with Crippen molar-refractivity contribution in [3.05, 3.63) is 28.8 Å². The SMILES string of the molecule is CCCCN(CCCC)CCCNCc1cc(Cl)ccc1OCC. The van der Waals surface area contributed by atoms with Gasteiger partial charge in [-0.15, -0.1) is 0 Å². The van der Waals surface area contributed by atoms with Gasteiger partial charge in [-0.3, -0.25) is 0 Å². The van der Waals surface area contributed by atoms with E-state index in [0.29, 0.717) is 6.61 Å². The molecule has 0 aliphatic rings. The second-order valence-electron chi connectivity index (χ2n) is 6.26. The number of nitrogens with one attached hydrogen (secondary N) is 1. The second kappa shape index (κ2) is 13.5. The summed E-state index contributed by atoms with van der Waals surface area (Å²) >= 11 is 6.11. The van der Waals surface area contributed by atoms with Crippen LogP contribution >= 0.6 is 11.6 Å². The van der Waals surface area contributed by atoms with Crippen molar-refractivity contribution in [3.8, 4) is 5.75 Å². The predicted molar refractivity (Wildman–Crippen MR) is 105 cm³/mol. The summed E-state index contributed by atoms with van der Waals surface area (Å²) in [6.45, 7) is 12.7. The van der Waals surface area contributed by atoms with E-state index in [9.17, 15) is 0 Å². The van der Waals surface area contributed by atoms with E-state index in [1.54, 1.807) is 0 Å². The third-order valence-corrected chi connectivity index (χ3v) is 4.36. The molecule has 0 aromatic heterocycles. The summed E-state index contributed by atoms with van der Waals surface area (Å²) in [5.74, 6) is 0.932. The van der Waals surface area contributed by atoms with Crippen LogP contribution in [0.25, 0.3) is 0 Å². The van der Waals surface area contributed by atoms with Crippen molar-refractivity contribution < 1.29 is 4.74 Å². The molecule has 0 fully saturated rings. The Morgan fingerprint density at radius 2 is 1.67 bits per heavy atom. The number of ether oxygens (including phenoxy) is 1. The standard InChI is InChI=1S/C20H35ClN2O/c1-4-7-13-23(14-8-5-2)15-9-12-22-17-18-16-19(21)10-11-20(18)24-6-3/h10-11,16,22H,4-9,12-15,17H2,1-3H3. The number of unbranched alkanes of at least 4 members (excludes halogenated alkanes) is 2. The summed E-state index contributed by atoms with van der Waals surface area (Å²) in [6, 6.07) is 5.84. The summed E-state index contributed by atoms with van der Waals surface area (Å²) in [5.41, 5.74) is 1.14. The molecule has 4 heteroatoms. The van der Waals surface area contributed by atoms with Crippen LogP contribution in [0.3, 0.4) is 0 Å². The van der Waals surface area contributed by atoms with Gasteiger partial charge in [0.2, 0.25) is 0 Å². The summed E-state index contributed by atoms with van der Waals surface area (Å²) in [7, 11) is 0. The highest BCUT2D eigenvalue weighted by atomic mass is 35.5. The summed E-state index contributed by atoms with van der Waals surface area (Å²) < 4.78 is 5.67. The minimum absolute atomic E-state index is 0.679. The van der Waals surface area contributed by atoms with E-state index >= 15 is 0 Å². The van der Waals surface area contributed by atoms with Crippen LogP contribution in [0.4, 0.5) is 0 Å². The highest BCUT2D eigenvalue weighted by molar-refractivity contribution is 6.30. The normalized spacial score (nSPS) is 11.2. The predicted octanol–water partition coefficient (Wildman–Crippen LogP) is 5.12. The quantitative estimate of drug-likeness (QED) is 0.469. The zero-order valence-electron chi connectivity index (χ0n) is 15.7. The minimum atomic E-state index is 0.679. The molecule has 3 nitrogen and oxygen atoms in total. The van der Waals surface area contributed by atoms with Gasteiger partial charge in [-0.25, -0.2) is 0 Å². The maximum absolute atomic E-state index is 6.11. The van der Waals surface area contributed by atoms with Crippen molar-refractivity contribution >= 4 is 11.6 Å². The molecule has 0 radical (unpaired) electrons. The Morgan fingerprint density at radius 3 is 2.29 bits per heavy atom. The third kappa shape index (κ3) is 8.91. The lowest BCUT2D eigenvalue weighted by Crippen LogP contribution is -2.29. The Labute approximate surface area is 153 Å². The van der Waals surface area contributed by atoms with Gasteiger partial charge in [0.25, 0.3) is 0 Å². The van der Waals surface area contributed by atoms with E-state index < -0.39 is 0 Å². The maximum atomic E-state index is 6.11. The maximum Gasteiger partial charge on any atom is 0.123 e. The molecular formula is C20H35ClN2O. The lowest BCUT2D eigenvalue weighted by Gasteiger charge is -2.22. The van der Waals surface area contributed by atoms with Gasteiger partial charge in [0.05, 0.1) is 6.61 Å². The van der Waals surface area contributed by atoms with Crippen molar-refractivity contribution in [3.63, 3.8) is 0 Å². The van der Waals surface area contributed by atoms with E-state index in [1.807, 2.05) is 25.1 Å². The van der Waals surface area contributed by atoms with Gasteiger partial charge in [0.15, 0.2) is 0 Å². The number of nitrogens with zero attached hydrogens (tertiary/aromatic N) is 1. The Kier molecular flexibility index (Phi) is 12.0. The van der Waals surface area contributed by atoms with Crippen LogP contribution < -0.4 is 10.1 Å². The summed E-state index contributed by atoms with van der Waals surface area (Å²) in [4.78, 5) is 2.61. The molecule has 0 saturated heterocycles. The van der Waals surface area contributed by atoms with Gasteiger partial charge >= 0.3 is 0 Å². The molecule has 24 heavy (non-hydrogen) atoms. The fourth-order valence-corrected chi connectivity index (χ4v) is 2.93. The molecule has 0 amide bonds. The number of benzene rings is 1. The Hall–Kier alpha value is -0.770. The molecule has 138 valence electrons. The molecule has 0 aliphatic heterocycles. The van der Waals surface area contributed by atoms with Gasteiger partial charge < -0.3 is 15.0 Å². The Balaban J connectivity index is 2.32. The largest absolute Gasteiger partial charge is 0.494 e. The van der Waals surface area contributed by atoms with Crippen molar-refractivity contribution in [2.75, 3.05) is 32.8 Å². The molecule has 0 unspecified atom stereocenters. The molecule has 0 atom stereocenters. The van der Waals surface area contributed by atoms with E-state index in [-0.39, 0.29) is 0 Å². The monoisotopic (exact) mass is 354 g/mol. The van der Waals surface area contributed by atoms with Crippen LogP contribution in [0.15, 0.2) is 18.2 Å². The van der Waals surface area contributed by atoms with Crippen LogP contribution in [0.1, 0.15) is 58.4 Å². The zero-order chi connectivity index (χ0) is 17.6. The molecule has 0 bridgehead atoms. The van der Waals surface area contributed by atoms with Crippen molar-refractivity contribution in [2.45, 2.75) is 59.4 Å². The first kappa shape index (κ1) is 21.3. The van der Waals surface area contributed by atoms with Crippen LogP contribution in [0.5, 0.6) is 5.75 Å². The molecule has 0 saturated carbocycles. The second-order valence-corrected chi connectivity index (χ2v) is 6.70. The molecular weight excluding hydrogens is 320 g/mol. The van der Waals surface area contributed by atoms with E-state index in [4.69, 9.17) is 16.3 Å².